The number of carbonyl (C=O) groups excluding carboxylic acids is 5. The molecule has 10 nitrogen and oxygen atoms in total. The van der Waals surface area contributed by atoms with Gasteiger partial charge in [-0.15, -0.1) is 0 Å². The van der Waals surface area contributed by atoms with Gasteiger partial charge in [0.2, 0.25) is 23.6 Å². The lowest BCUT2D eigenvalue weighted by Gasteiger charge is -2.34. The van der Waals surface area contributed by atoms with E-state index >= 15 is 0 Å². The standard InChI is InChI=1S/C30H37N5O5/c1-18(2)25-28(38)32-22-14-9-8-13-21(22)29(39)35-16-10-15-23(35)30(40)34(4)24(17-20-11-6-5-7-12-20)27(37)31-19(3)26(36)33-25/h5-9,11-14,18-19,23-25H,10,15-17H2,1-4H3,(H,31,37)(H,32,38)(H,33,36). The average Bonchev–Trinajstić information content (AvgIpc) is 3.43. The maximum absolute atomic E-state index is 13.8. The molecule has 0 saturated carbocycles. The van der Waals surface area contributed by atoms with Gasteiger partial charge < -0.3 is 25.8 Å². The molecule has 0 aliphatic carbocycles. The molecule has 40 heavy (non-hydrogen) atoms. The Labute approximate surface area is 234 Å². The molecule has 0 spiro atoms. The van der Waals surface area contributed by atoms with Gasteiger partial charge in [0.15, 0.2) is 0 Å². The predicted molar refractivity (Wildman–Crippen MR) is 150 cm³/mol. The minimum absolute atomic E-state index is 0.226. The van der Waals surface area contributed by atoms with Crippen LogP contribution in [-0.2, 0) is 25.6 Å². The zero-order valence-electron chi connectivity index (χ0n) is 23.3. The van der Waals surface area contributed by atoms with Crippen LogP contribution >= 0.6 is 0 Å². The average molecular weight is 548 g/mol. The van der Waals surface area contributed by atoms with Crippen LogP contribution in [0.25, 0.3) is 0 Å². The Kier molecular flexibility index (Phi) is 8.86. The molecule has 4 rings (SSSR count). The fraction of sp³-hybridized carbons (Fsp3) is 0.433. The molecular weight excluding hydrogens is 510 g/mol. The number of carbonyl (C=O) groups is 5. The molecule has 2 aromatic carbocycles. The van der Waals surface area contributed by atoms with E-state index in [4.69, 9.17) is 0 Å². The van der Waals surface area contributed by atoms with Crippen LogP contribution in [0.4, 0.5) is 5.69 Å². The van der Waals surface area contributed by atoms with E-state index in [9.17, 15) is 24.0 Å². The molecule has 2 heterocycles. The molecule has 5 amide bonds. The largest absolute Gasteiger partial charge is 0.343 e. The molecule has 4 atom stereocenters. The fourth-order valence-electron chi connectivity index (χ4n) is 5.23. The summed E-state index contributed by atoms with van der Waals surface area (Å²) in [4.78, 5) is 70.5. The Balaban J connectivity index is 1.76. The van der Waals surface area contributed by atoms with Crippen molar-refractivity contribution in [2.24, 2.45) is 5.92 Å². The molecule has 3 N–H and O–H groups in total. The van der Waals surface area contributed by atoms with Crippen molar-refractivity contribution in [3.63, 3.8) is 0 Å². The number of para-hydroxylation sites is 1. The first-order valence-corrected chi connectivity index (χ1v) is 13.7. The Morgan fingerprint density at radius 3 is 2.25 bits per heavy atom. The lowest BCUT2D eigenvalue weighted by Crippen LogP contribution is -2.58. The van der Waals surface area contributed by atoms with E-state index in [0.717, 1.165) is 5.56 Å². The minimum atomic E-state index is -0.965. The van der Waals surface area contributed by atoms with Gasteiger partial charge >= 0.3 is 0 Å². The Morgan fingerprint density at radius 2 is 1.55 bits per heavy atom. The molecule has 10 heteroatoms. The first kappa shape index (κ1) is 28.8. The van der Waals surface area contributed by atoms with Gasteiger partial charge in [-0.2, -0.15) is 0 Å². The number of rotatable bonds is 3. The molecule has 2 aromatic rings. The van der Waals surface area contributed by atoms with Crippen LogP contribution in [0.1, 0.15) is 49.5 Å². The summed E-state index contributed by atoms with van der Waals surface area (Å²) >= 11 is 0. The lowest BCUT2D eigenvalue weighted by molar-refractivity contribution is -0.142. The van der Waals surface area contributed by atoms with Crippen LogP contribution in [0, 0.1) is 5.92 Å². The highest BCUT2D eigenvalue weighted by Gasteiger charge is 2.40. The monoisotopic (exact) mass is 547 g/mol. The summed E-state index contributed by atoms with van der Waals surface area (Å²) in [6, 6.07) is 12.4. The van der Waals surface area contributed by atoms with Gasteiger partial charge in [0.05, 0.1) is 11.3 Å². The predicted octanol–water partition coefficient (Wildman–Crippen LogP) is 1.96. The highest BCUT2D eigenvalue weighted by molar-refractivity contribution is 6.07. The Morgan fingerprint density at radius 1 is 0.875 bits per heavy atom. The second kappa shape index (κ2) is 12.3. The number of benzene rings is 2. The smallest absolute Gasteiger partial charge is 0.256 e. The van der Waals surface area contributed by atoms with E-state index in [1.54, 1.807) is 52.1 Å². The van der Waals surface area contributed by atoms with Gasteiger partial charge in [0, 0.05) is 20.0 Å². The summed E-state index contributed by atoms with van der Waals surface area (Å²) in [5, 5.41) is 8.27. The third kappa shape index (κ3) is 6.16. The molecule has 212 valence electrons. The van der Waals surface area contributed by atoms with E-state index < -0.39 is 41.9 Å². The molecule has 2 aliphatic heterocycles. The summed E-state index contributed by atoms with van der Waals surface area (Å²) in [7, 11) is 1.56. The SMILES string of the molecule is CC1NC(=O)C(Cc2ccccc2)N(C)C(=O)C2CCCN2C(=O)c2ccccc2NC(=O)C(C(C)C)NC1=O. The van der Waals surface area contributed by atoms with Crippen molar-refractivity contribution in [3.05, 3.63) is 65.7 Å². The van der Waals surface area contributed by atoms with E-state index in [1.165, 1.54) is 9.80 Å². The molecule has 0 aromatic heterocycles. The Bertz CT molecular complexity index is 1280. The number of likely N-dealkylation sites (N-methyl/N-ethyl adjacent to an activating group) is 1. The molecule has 2 aliphatic rings. The number of fused-ring (bicyclic) bond motifs is 2. The zero-order valence-corrected chi connectivity index (χ0v) is 23.3. The number of amides is 5. The lowest BCUT2D eigenvalue weighted by atomic mass is 10.0. The van der Waals surface area contributed by atoms with Gasteiger partial charge in [-0.25, -0.2) is 0 Å². The molecule has 0 radical (unpaired) electrons. The van der Waals surface area contributed by atoms with Crippen molar-refractivity contribution < 1.29 is 24.0 Å². The molecular formula is C30H37N5O5. The third-order valence-electron chi connectivity index (χ3n) is 7.60. The number of hydrogen-bond donors (Lipinski definition) is 3. The number of nitrogens with one attached hydrogen (secondary N) is 3. The summed E-state index contributed by atoms with van der Waals surface area (Å²) in [6.07, 6.45) is 1.31. The number of hydrogen-bond acceptors (Lipinski definition) is 5. The summed E-state index contributed by atoms with van der Waals surface area (Å²) in [6.45, 7) is 5.52. The van der Waals surface area contributed by atoms with Gasteiger partial charge in [-0.3, -0.25) is 24.0 Å². The topological polar surface area (TPSA) is 128 Å². The third-order valence-corrected chi connectivity index (χ3v) is 7.60. The highest BCUT2D eigenvalue weighted by Crippen LogP contribution is 2.26. The van der Waals surface area contributed by atoms with Crippen LogP contribution in [0.15, 0.2) is 54.6 Å². The molecule has 0 bridgehead atoms. The number of anilines is 1. The fourth-order valence-corrected chi connectivity index (χ4v) is 5.23. The normalized spacial score (nSPS) is 24.8. The van der Waals surface area contributed by atoms with Crippen molar-refractivity contribution in [3.8, 4) is 0 Å². The van der Waals surface area contributed by atoms with Gasteiger partial charge in [0.1, 0.15) is 24.2 Å². The number of nitrogens with zero attached hydrogens (tertiary/aromatic N) is 2. The summed E-state index contributed by atoms with van der Waals surface area (Å²) < 4.78 is 0. The quantitative estimate of drug-likeness (QED) is 0.541. The van der Waals surface area contributed by atoms with Crippen LogP contribution in [0.3, 0.4) is 0 Å². The maximum Gasteiger partial charge on any atom is 0.256 e. The van der Waals surface area contributed by atoms with Crippen LogP contribution in [-0.4, -0.2) is 77.1 Å². The zero-order chi connectivity index (χ0) is 29.0. The van der Waals surface area contributed by atoms with Gasteiger partial charge in [-0.05, 0) is 43.4 Å². The van der Waals surface area contributed by atoms with Crippen LogP contribution in [0.5, 0.6) is 0 Å². The van der Waals surface area contributed by atoms with E-state index in [2.05, 4.69) is 16.0 Å². The van der Waals surface area contributed by atoms with Crippen molar-refractivity contribution in [2.75, 3.05) is 18.9 Å². The summed E-state index contributed by atoms with van der Waals surface area (Å²) in [5.74, 6) is -2.52. The van der Waals surface area contributed by atoms with E-state index in [1.807, 2.05) is 30.3 Å². The first-order chi connectivity index (χ1) is 19.1. The van der Waals surface area contributed by atoms with Crippen molar-refractivity contribution >= 4 is 35.2 Å². The van der Waals surface area contributed by atoms with E-state index in [-0.39, 0.29) is 29.7 Å². The molecule has 4 unspecified atom stereocenters. The van der Waals surface area contributed by atoms with Crippen molar-refractivity contribution in [2.45, 2.75) is 64.2 Å². The van der Waals surface area contributed by atoms with Crippen molar-refractivity contribution in [1.29, 1.82) is 0 Å². The second-order valence-corrected chi connectivity index (χ2v) is 10.8. The van der Waals surface area contributed by atoms with E-state index in [0.29, 0.717) is 25.1 Å². The summed E-state index contributed by atoms with van der Waals surface area (Å²) in [5.41, 5.74) is 1.41. The molecule has 1 saturated heterocycles. The van der Waals surface area contributed by atoms with Gasteiger partial charge in [-0.1, -0.05) is 56.3 Å². The van der Waals surface area contributed by atoms with Crippen molar-refractivity contribution in [1.82, 2.24) is 20.4 Å². The maximum atomic E-state index is 13.8. The minimum Gasteiger partial charge on any atom is -0.343 e. The highest BCUT2D eigenvalue weighted by atomic mass is 16.2. The van der Waals surface area contributed by atoms with Gasteiger partial charge in [0.25, 0.3) is 5.91 Å². The first-order valence-electron chi connectivity index (χ1n) is 13.7. The van der Waals surface area contributed by atoms with Crippen LogP contribution < -0.4 is 16.0 Å². The Hall–Kier alpha value is -4.21. The second-order valence-electron chi connectivity index (χ2n) is 10.8. The molecule has 1 fully saturated rings. The van der Waals surface area contributed by atoms with Crippen LogP contribution in [0.2, 0.25) is 0 Å².